The summed E-state index contributed by atoms with van der Waals surface area (Å²) in [7, 11) is 0. The molecule has 140 valence electrons. The van der Waals surface area contributed by atoms with Crippen molar-refractivity contribution < 1.29 is 14.3 Å². The number of nitrogens with zero attached hydrogens (tertiary/aromatic N) is 1. The molecule has 0 bridgehead atoms. The molecule has 2 rings (SSSR count). The van der Waals surface area contributed by atoms with Crippen molar-refractivity contribution in [2.75, 3.05) is 11.4 Å². The van der Waals surface area contributed by atoms with Crippen LogP contribution < -0.4 is 4.90 Å². The standard InChI is InChI=1S/C22H28FNO2/c1-15(2)24-12-6-5-7-19-14-18(9-11-21(19)24)17(4)20(23)10-8-16(3)13-22(25)26/h8-11,13-15H,5-7,12H2,1-4H3,(H,25,26)/b10-8+,16-13+,20-17-. The van der Waals surface area contributed by atoms with Crippen LogP contribution in [0.15, 0.2) is 47.8 Å². The zero-order chi connectivity index (χ0) is 19.3. The van der Waals surface area contributed by atoms with E-state index in [1.807, 2.05) is 6.07 Å². The Bertz CT molecular complexity index is 759. The van der Waals surface area contributed by atoms with Gasteiger partial charge < -0.3 is 10.0 Å². The van der Waals surface area contributed by atoms with Gasteiger partial charge in [0.05, 0.1) is 0 Å². The first kappa shape index (κ1) is 20.0. The van der Waals surface area contributed by atoms with Crippen LogP contribution in [0.4, 0.5) is 10.1 Å². The molecule has 1 N–H and O–H groups in total. The Balaban J connectivity index is 2.32. The lowest BCUT2D eigenvalue weighted by atomic mass is 9.99. The first-order valence-electron chi connectivity index (χ1n) is 9.15. The molecule has 1 aliphatic heterocycles. The predicted octanol–water partition coefficient (Wildman–Crippen LogP) is 5.53. The Hall–Kier alpha value is -2.36. The van der Waals surface area contributed by atoms with E-state index >= 15 is 0 Å². The van der Waals surface area contributed by atoms with E-state index in [-0.39, 0.29) is 5.83 Å². The number of carbonyl (C=O) groups is 1. The average Bonchev–Trinajstić information content (AvgIpc) is 2.80. The molecule has 0 radical (unpaired) electrons. The summed E-state index contributed by atoms with van der Waals surface area (Å²) in [5, 5.41) is 8.71. The van der Waals surface area contributed by atoms with Crippen molar-refractivity contribution in [1.29, 1.82) is 0 Å². The van der Waals surface area contributed by atoms with Gasteiger partial charge in [0.2, 0.25) is 0 Å². The minimum absolute atomic E-state index is 0.350. The van der Waals surface area contributed by atoms with Gasteiger partial charge in [0.25, 0.3) is 0 Å². The number of hydrogen-bond acceptors (Lipinski definition) is 2. The van der Waals surface area contributed by atoms with Crippen molar-refractivity contribution in [1.82, 2.24) is 0 Å². The molecule has 0 aliphatic carbocycles. The summed E-state index contributed by atoms with van der Waals surface area (Å²) >= 11 is 0. The zero-order valence-electron chi connectivity index (χ0n) is 16.1. The number of allylic oxidation sites excluding steroid dienone is 5. The van der Waals surface area contributed by atoms with Gasteiger partial charge in [0.1, 0.15) is 5.83 Å². The van der Waals surface area contributed by atoms with E-state index in [1.54, 1.807) is 13.8 Å². The van der Waals surface area contributed by atoms with Crippen molar-refractivity contribution in [3.8, 4) is 0 Å². The number of aliphatic carboxylic acids is 1. The Morgan fingerprint density at radius 1 is 1.23 bits per heavy atom. The highest BCUT2D eigenvalue weighted by Crippen LogP contribution is 2.31. The van der Waals surface area contributed by atoms with E-state index in [1.165, 1.54) is 29.8 Å². The molecule has 3 nitrogen and oxygen atoms in total. The summed E-state index contributed by atoms with van der Waals surface area (Å²) in [5.41, 5.74) is 4.45. The van der Waals surface area contributed by atoms with Crippen molar-refractivity contribution in [2.45, 2.75) is 53.0 Å². The molecular formula is C22H28FNO2. The molecule has 0 amide bonds. The number of aryl methyl sites for hydroxylation is 1. The molecule has 0 aromatic heterocycles. The lowest BCUT2D eigenvalue weighted by Crippen LogP contribution is -2.31. The van der Waals surface area contributed by atoms with Gasteiger partial charge in [-0.25, -0.2) is 9.18 Å². The van der Waals surface area contributed by atoms with Crippen LogP contribution in [0.3, 0.4) is 0 Å². The van der Waals surface area contributed by atoms with Gasteiger partial charge >= 0.3 is 5.97 Å². The molecule has 26 heavy (non-hydrogen) atoms. The first-order valence-corrected chi connectivity index (χ1v) is 9.15. The van der Waals surface area contributed by atoms with E-state index in [9.17, 15) is 9.18 Å². The van der Waals surface area contributed by atoms with Crippen LogP contribution in [0, 0.1) is 0 Å². The summed E-state index contributed by atoms with van der Waals surface area (Å²) in [4.78, 5) is 13.0. The second kappa shape index (κ2) is 8.84. The number of hydrogen-bond donors (Lipinski definition) is 1. The topological polar surface area (TPSA) is 40.5 Å². The van der Waals surface area contributed by atoms with E-state index in [0.29, 0.717) is 17.2 Å². The highest BCUT2D eigenvalue weighted by Gasteiger charge is 2.18. The van der Waals surface area contributed by atoms with Gasteiger partial charge in [-0.2, -0.15) is 0 Å². The van der Waals surface area contributed by atoms with Crippen LogP contribution in [0.2, 0.25) is 0 Å². The average molecular weight is 357 g/mol. The minimum Gasteiger partial charge on any atom is -0.478 e. The number of benzene rings is 1. The molecule has 1 aromatic carbocycles. The van der Waals surface area contributed by atoms with Gasteiger partial charge in [0.15, 0.2) is 0 Å². The van der Waals surface area contributed by atoms with E-state index in [4.69, 9.17) is 5.11 Å². The molecule has 0 unspecified atom stereocenters. The molecule has 0 spiro atoms. The second-order valence-corrected chi connectivity index (χ2v) is 7.12. The summed E-state index contributed by atoms with van der Waals surface area (Å²) in [6.45, 7) is 8.85. The van der Waals surface area contributed by atoms with E-state index in [0.717, 1.165) is 31.0 Å². The third-order valence-electron chi connectivity index (χ3n) is 4.74. The summed E-state index contributed by atoms with van der Waals surface area (Å²) in [6, 6.07) is 6.62. The number of rotatable bonds is 5. The van der Waals surface area contributed by atoms with E-state index in [2.05, 4.69) is 30.9 Å². The molecule has 0 saturated heterocycles. The molecule has 0 saturated carbocycles. The van der Waals surface area contributed by atoms with Crippen molar-refractivity contribution >= 4 is 17.2 Å². The molecule has 4 heteroatoms. The highest BCUT2D eigenvalue weighted by atomic mass is 19.1. The van der Waals surface area contributed by atoms with Crippen molar-refractivity contribution in [2.24, 2.45) is 0 Å². The first-order chi connectivity index (χ1) is 12.3. The van der Waals surface area contributed by atoms with Crippen LogP contribution in [-0.4, -0.2) is 23.7 Å². The van der Waals surface area contributed by atoms with Gasteiger partial charge in [-0.3, -0.25) is 0 Å². The number of halogens is 1. The summed E-state index contributed by atoms with van der Waals surface area (Å²) in [6.07, 6.45) is 7.19. The maximum atomic E-state index is 14.5. The molecular weight excluding hydrogens is 329 g/mol. The van der Waals surface area contributed by atoms with Crippen LogP contribution >= 0.6 is 0 Å². The van der Waals surface area contributed by atoms with Crippen LogP contribution in [0.25, 0.3) is 5.57 Å². The number of fused-ring (bicyclic) bond motifs is 1. The normalized spacial score (nSPS) is 16.5. The van der Waals surface area contributed by atoms with Crippen LogP contribution in [0.1, 0.15) is 51.7 Å². The molecule has 0 fully saturated rings. The SMILES string of the molecule is C\C(=C(F)/C=C/C(C)=C/C(=O)O)c1ccc2c(c1)CCCCN2C(C)C. The fourth-order valence-electron chi connectivity index (χ4n) is 3.26. The third-order valence-corrected chi connectivity index (χ3v) is 4.74. The Morgan fingerprint density at radius 3 is 2.62 bits per heavy atom. The number of anilines is 1. The fourth-order valence-corrected chi connectivity index (χ4v) is 3.26. The third kappa shape index (κ3) is 5.07. The summed E-state index contributed by atoms with van der Waals surface area (Å²) in [5.74, 6) is -1.38. The predicted molar refractivity (Wildman–Crippen MR) is 106 cm³/mol. The smallest absolute Gasteiger partial charge is 0.328 e. The van der Waals surface area contributed by atoms with Crippen LogP contribution in [-0.2, 0) is 11.2 Å². The maximum absolute atomic E-state index is 14.5. The molecule has 1 heterocycles. The Morgan fingerprint density at radius 2 is 1.96 bits per heavy atom. The van der Waals surface area contributed by atoms with Crippen molar-refractivity contribution in [3.05, 3.63) is 59.0 Å². The lowest BCUT2D eigenvalue weighted by molar-refractivity contribution is -0.131. The quantitative estimate of drug-likeness (QED) is 0.557. The number of carboxylic acid groups (broad SMARTS) is 1. The molecule has 0 atom stereocenters. The largest absolute Gasteiger partial charge is 0.478 e. The molecule has 1 aliphatic rings. The Kier molecular flexibility index (Phi) is 6.78. The number of carboxylic acids is 1. The Labute approximate surface area is 155 Å². The van der Waals surface area contributed by atoms with Crippen LogP contribution in [0.5, 0.6) is 0 Å². The van der Waals surface area contributed by atoms with Gasteiger partial charge in [-0.15, -0.1) is 0 Å². The minimum atomic E-state index is -1.03. The summed E-state index contributed by atoms with van der Waals surface area (Å²) < 4.78 is 14.5. The monoisotopic (exact) mass is 357 g/mol. The maximum Gasteiger partial charge on any atom is 0.328 e. The van der Waals surface area contributed by atoms with E-state index < -0.39 is 5.97 Å². The molecule has 1 aromatic rings. The highest BCUT2D eigenvalue weighted by molar-refractivity contribution is 5.81. The van der Waals surface area contributed by atoms with Crippen molar-refractivity contribution in [3.63, 3.8) is 0 Å². The van der Waals surface area contributed by atoms with Gasteiger partial charge in [0, 0.05) is 24.4 Å². The zero-order valence-corrected chi connectivity index (χ0v) is 16.1. The van der Waals surface area contributed by atoms with Gasteiger partial charge in [-0.1, -0.05) is 12.1 Å². The second-order valence-electron chi connectivity index (χ2n) is 7.12. The lowest BCUT2D eigenvalue weighted by Gasteiger charge is -2.29. The van der Waals surface area contributed by atoms with Gasteiger partial charge in [-0.05, 0) is 87.4 Å². The fraction of sp³-hybridized carbons (Fsp3) is 0.409.